The largest absolute Gasteiger partial charge is 0.496 e. The lowest BCUT2D eigenvalue weighted by atomic mass is 10.0. The highest BCUT2D eigenvalue weighted by Gasteiger charge is 2.13. The zero-order valence-electron chi connectivity index (χ0n) is 14.5. The molecule has 0 amide bonds. The van der Waals surface area contributed by atoms with Crippen molar-refractivity contribution in [2.24, 2.45) is 5.16 Å². The molecule has 0 atom stereocenters. The summed E-state index contributed by atoms with van der Waals surface area (Å²) < 4.78 is 11.4. The Morgan fingerprint density at radius 3 is 2.33 bits per heavy atom. The molecule has 0 heterocycles. The Balaban J connectivity index is 1.91. The average molecular weight is 402 g/mol. The summed E-state index contributed by atoms with van der Waals surface area (Å²) in [6.45, 7) is 0. The van der Waals surface area contributed by atoms with Crippen LogP contribution in [0.15, 0.2) is 65.8 Å². The molecule has 6 heteroatoms. The van der Waals surface area contributed by atoms with Crippen LogP contribution in [0.3, 0.4) is 0 Å². The minimum atomic E-state index is 0.317. The van der Waals surface area contributed by atoms with Crippen molar-refractivity contribution in [2.45, 2.75) is 6.42 Å². The SMILES string of the molecule is COc1ccc(Oc2c(Cl)cc(C=NO)cc2Cl)cc1Cc1ccccc1. The molecule has 138 valence electrons. The standard InChI is InChI=1S/C21H17Cl2NO3/c1-26-20-8-7-17(12-16(20)9-14-5-3-2-4-6-14)27-21-18(22)10-15(13-24-25)11-19(21)23/h2-8,10-13,25H,9H2,1H3. The van der Waals surface area contributed by atoms with Crippen molar-refractivity contribution < 1.29 is 14.7 Å². The Morgan fingerprint density at radius 1 is 1.00 bits per heavy atom. The first-order chi connectivity index (χ1) is 13.1. The van der Waals surface area contributed by atoms with E-state index in [-0.39, 0.29) is 0 Å². The van der Waals surface area contributed by atoms with E-state index >= 15 is 0 Å². The molecule has 0 fully saturated rings. The first kappa shape index (κ1) is 19.1. The molecule has 0 unspecified atom stereocenters. The Labute approximate surface area is 167 Å². The zero-order chi connectivity index (χ0) is 19.2. The minimum absolute atomic E-state index is 0.317. The van der Waals surface area contributed by atoms with E-state index < -0.39 is 0 Å². The third kappa shape index (κ3) is 4.73. The van der Waals surface area contributed by atoms with Crippen molar-refractivity contribution in [1.82, 2.24) is 0 Å². The van der Waals surface area contributed by atoms with Crippen LogP contribution in [0.2, 0.25) is 10.0 Å². The average Bonchev–Trinajstić information content (AvgIpc) is 2.66. The van der Waals surface area contributed by atoms with E-state index in [0.29, 0.717) is 33.5 Å². The van der Waals surface area contributed by atoms with E-state index in [0.717, 1.165) is 16.9 Å². The van der Waals surface area contributed by atoms with Crippen LogP contribution >= 0.6 is 23.2 Å². The normalized spacial score (nSPS) is 10.9. The van der Waals surface area contributed by atoms with Gasteiger partial charge in [0, 0.05) is 12.0 Å². The lowest BCUT2D eigenvalue weighted by Crippen LogP contribution is -1.96. The number of hydrogen-bond acceptors (Lipinski definition) is 4. The summed E-state index contributed by atoms with van der Waals surface area (Å²) in [7, 11) is 1.64. The van der Waals surface area contributed by atoms with Gasteiger partial charge in [0.25, 0.3) is 0 Å². The maximum absolute atomic E-state index is 8.65. The smallest absolute Gasteiger partial charge is 0.164 e. The van der Waals surface area contributed by atoms with Crippen LogP contribution in [-0.4, -0.2) is 18.5 Å². The molecular formula is C21H17Cl2NO3. The maximum atomic E-state index is 8.65. The molecular weight excluding hydrogens is 385 g/mol. The predicted molar refractivity (Wildman–Crippen MR) is 108 cm³/mol. The Bertz CT molecular complexity index is 936. The molecule has 27 heavy (non-hydrogen) atoms. The lowest BCUT2D eigenvalue weighted by Gasteiger charge is -2.14. The molecule has 3 rings (SSSR count). The van der Waals surface area contributed by atoms with Crippen molar-refractivity contribution in [3.8, 4) is 17.2 Å². The van der Waals surface area contributed by atoms with E-state index in [9.17, 15) is 0 Å². The van der Waals surface area contributed by atoms with Gasteiger partial charge in [-0.3, -0.25) is 0 Å². The molecule has 0 spiro atoms. The second-order valence-corrected chi connectivity index (χ2v) is 6.61. The molecule has 3 aromatic rings. The highest BCUT2D eigenvalue weighted by atomic mass is 35.5. The fourth-order valence-electron chi connectivity index (χ4n) is 2.71. The van der Waals surface area contributed by atoms with Crippen LogP contribution in [0.4, 0.5) is 0 Å². The second kappa shape index (κ2) is 8.80. The molecule has 3 aromatic carbocycles. The summed E-state index contributed by atoms with van der Waals surface area (Å²) in [6, 6.07) is 18.9. The number of methoxy groups -OCH3 is 1. The van der Waals surface area contributed by atoms with Gasteiger partial charge in [0.1, 0.15) is 11.5 Å². The van der Waals surface area contributed by atoms with Crippen LogP contribution in [-0.2, 0) is 6.42 Å². The van der Waals surface area contributed by atoms with Crippen molar-refractivity contribution in [2.75, 3.05) is 7.11 Å². The molecule has 0 saturated carbocycles. The van der Waals surface area contributed by atoms with Gasteiger partial charge < -0.3 is 14.7 Å². The molecule has 0 bridgehead atoms. The number of halogens is 2. The summed E-state index contributed by atoms with van der Waals surface area (Å²) in [5.41, 5.74) is 2.72. The summed E-state index contributed by atoms with van der Waals surface area (Å²) in [4.78, 5) is 0. The van der Waals surface area contributed by atoms with Crippen LogP contribution in [0.5, 0.6) is 17.2 Å². The fourth-order valence-corrected chi connectivity index (χ4v) is 3.29. The monoisotopic (exact) mass is 401 g/mol. The fraction of sp³-hybridized carbons (Fsp3) is 0.0952. The topological polar surface area (TPSA) is 51.0 Å². The number of rotatable bonds is 6. The van der Waals surface area contributed by atoms with E-state index in [2.05, 4.69) is 17.3 Å². The quantitative estimate of drug-likeness (QED) is 0.304. The van der Waals surface area contributed by atoms with Crippen molar-refractivity contribution in [1.29, 1.82) is 0 Å². The zero-order valence-corrected chi connectivity index (χ0v) is 16.0. The highest BCUT2D eigenvalue weighted by Crippen LogP contribution is 2.38. The molecule has 4 nitrogen and oxygen atoms in total. The van der Waals surface area contributed by atoms with Gasteiger partial charge in [0.2, 0.25) is 0 Å². The van der Waals surface area contributed by atoms with Crippen molar-refractivity contribution in [3.05, 3.63) is 87.4 Å². The first-order valence-electron chi connectivity index (χ1n) is 8.16. The molecule has 0 aliphatic heterocycles. The predicted octanol–water partition coefficient (Wildman–Crippen LogP) is 6.19. The maximum Gasteiger partial charge on any atom is 0.164 e. The lowest BCUT2D eigenvalue weighted by molar-refractivity contribution is 0.322. The van der Waals surface area contributed by atoms with Gasteiger partial charge in [0.15, 0.2) is 5.75 Å². The van der Waals surface area contributed by atoms with Gasteiger partial charge in [-0.2, -0.15) is 0 Å². The minimum Gasteiger partial charge on any atom is -0.496 e. The first-order valence-corrected chi connectivity index (χ1v) is 8.91. The van der Waals surface area contributed by atoms with Crippen LogP contribution in [0.1, 0.15) is 16.7 Å². The molecule has 0 aliphatic rings. The second-order valence-electron chi connectivity index (χ2n) is 5.80. The number of ether oxygens (including phenoxy) is 2. The third-order valence-corrected chi connectivity index (χ3v) is 4.50. The Hall–Kier alpha value is -2.69. The van der Waals surface area contributed by atoms with Crippen molar-refractivity contribution in [3.63, 3.8) is 0 Å². The van der Waals surface area contributed by atoms with Crippen molar-refractivity contribution >= 4 is 29.4 Å². The Morgan fingerprint density at radius 2 is 1.70 bits per heavy atom. The van der Waals surface area contributed by atoms with E-state index in [4.69, 9.17) is 37.9 Å². The number of oxime groups is 1. The number of benzene rings is 3. The summed E-state index contributed by atoms with van der Waals surface area (Å²) in [5, 5.41) is 12.3. The van der Waals surface area contributed by atoms with Gasteiger partial charge >= 0.3 is 0 Å². The van der Waals surface area contributed by atoms with E-state index in [1.807, 2.05) is 30.3 Å². The summed E-state index contributed by atoms with van der Waals surface area (Å²) in [6.07, 6.45) is 1.95. The molecule has 0 aromatic heterocycles. The van der Waals surface area contributed by atoms with Gasteiger partial charge in [0.05, 0.1) is 23.4 Å². The third-order valence-electron chi connectivity index (χ3n) is 3.94. The van der Waals surface area contributed by atoms with Gasteiger partial charge in [-0.1, -0.05) is 58.7 Å². The molecule has 0 saturated heterocycles. The van der Waals surface area contributed by atoms with E-state index in [1.54, 1.807) is 25.3 Å². The summed E-state index contributed by atoms with van der Waals surface area (Å²) >= 11 is 12.5. The number of hydrogen-bond donors (Lipinski definition) is 1. The molecule has 0 aliphatic carbocycles. The number of nitrogens with zero attached hydrogens (tertiary/aromatic N) is 1. The van der Waals surface area contributed by atoms with Crippen LogP contribution in [0, 0.1) is 0 Å². The highest BCUT2D eigenvalue weighted by molar-refractivity contribution is 6.37. The van der Waals surface area contributed by atoms with E-state index in [1.165, 1.54) is 6.21 Å². The summed E-state index contributed by atoms with van der Waals surface area (Å²) in [5.74, 6) is 1.70. The van der Waals surface area contributed by atoms with Gasteiger partial charge in [-0.25, -0.2) is 0 Å². The van der Waals surface area contributed by atoms with Gasteiger partial charge in [-0.15, -0.1) is 0 Å². The van der Waals surface area contributed by atoms with Crippen LogP contribution in [0.25, 0.3) is 0 Å². The van der Waals surface area contributed by atoms with Crippen LogP contribution < -0.4 is 9.47 Å². The molecule has 0 radical (unpaired) electrons. The Kier molecular flexibility index (Phi) is 6.22. The molecule has 1 N–H and O–H groups in total. The van der Waals surface area contributed by atoms with Gasteiger partial charge in [-0.05, 0) is 41.5 Å².